The van der Waals surface area contributed by atoms with Crippen molar-refractivity contribution in [3.05, 3.63) is 34.8 Å². The van der Waals surface area contributed by atoms with Gasteiger partial charge in [-0.3, -0.25) is 5.32 Å². The molecule has 0 aliphatic heterocycles. The van der Waals surface area contributed by atoms with Gasteiger partial charge in [-0.25, -0.2) is 14.8 Å². The Balaban J connectivity index is 2.17. The SMILES string of the molecule is O=C(O)c1cnc(Nc2cc(Br)ccn2)o1. The lowest BCUT2D eigenvalue weighted by Crippen LogP contribution is -1.93. The van der Waals surface area contributed by atoms with Crippen LogP contribution in [0, 0.1) is 0 Å². The summed E-state index contributed by atoms with van der Waals surface area (Å²) in [4.78, 5) is 18.3. The van der Waals surface area contributed by atoms with Crippen LogP contribution in [0.5, 0.6) is 0 Å². The van der Waals surface area contributed by atoms with Crippen molar-refractivity contribution in [1.29, 1.82) is 0 Å². The number of nitrogens with one attached hydrogen (secondary N) is 1. The van der Waals surface area contributed by atoms with E-state index in [2.05, 4.69) is 31.2 Å². The summed E-state index contributed by atoms with van der Waals surface area (Å²) >= 11 is 3.28. The Morgan fingerprint density at radius 2 is 2.31 bits per heavy atom. The summed E-state index contributed by atoms with van der Waals surface area (Å²) in [6, 6.07) is 3.57. The standard InChI is InChI=1S/C9H6BrN3O3/c10-5-1-2-11-7(3-5)13-9-12-4-6(16-9)8(14)15/h1-4H,(H,14,15)(H,11,12,13). The minimum Gasteiger partial charge on any atom is -0.475 e. The van der Waals surface area contributed by atoms with Crippen LogP contribution in [0.2, 0.25) is 0 Å². The predicted molar refractivity (Wildman–Crippen MR) is 58.7 cm³/mol. The largest absolute Gasteiger partial charge is 0.475 e. The van der Waals surface area contributed by atoms with Gasteiger partial charge >= 0.3 is 12.0 Å². The number of rotatable bonds is 3. The fraction of sp³-hybridized carbons (Fsp3) is 0. The Morgan fingerprint density at radius 1 is 1.50 bits per heavy atom. The molecule has 0 saturated carbocycles. The van der Waals surface area contributed by atoms with E-state index in [1.54, 1.807) is 18.3 Å². The highest BCUT2D eigenvalue weighted by molar-refractivity contribution is 9.10. The third-order valence-corrected chi connectivity index (χ3v) is 2.17. The molecule has 0 bridgehead atoms. The first-order valence-electron chi connectivity index (χ1n) is 4.23. The Kier molecular flexibility index (Phi) is 2.86. The summed E-state index contributed by atoms with van der Waals surface area (Å²) in [5, 5.41) is 11.4. The molecule has 6 nitrogen and oxygen atoms in total. The van der Waals surface area contributed by atoms with E-state index in [1.165, 1.54) is 0 Å². The number of anilines is 2. The van der Waals surface area contributed by atoms with Gasteiger partial charge in [0.05, 0.1) is 6.20 Å². The van der Waals surface area contributed by atoms with E-state index < -0.39 is 5.97 Å². The molecule has 82 valence electrons. The molecule has 0 unspecified atom stereocenters. The van der Waals surface area contributed by atoms with Gasteiger partial charge in [-0.2, -0.15) is 0 Å². The van der Waals surface area contributed by atoms with Crippen LogP contribution < -0.4 is 5.32 Å². The second-order valence-corrected chi connectivity index (χ2v) is 3.73. The number of aromatic carboxylic acids is 1. The van der Waals surface area contributed by atoms with Gasteiger partial charge in [0.15, 0.2) is 0 Å². The van der Waals surface area contributed by atoms with Gasteiger partial charge in [-0.1, -0.05) is 15.9 Å². The van der Waals surface area contributed by atoms with Gasteiger partial charge in [-0.15, -0.1) is 0 Å². The van der Waals surface area contributed by atoms with Crippen molar-refractivity contribution in [2.45, 2.75) is 0 Å². The number of carbonyl (C=O) groups is 1. The average Bonchev–Trinajstić information content (AvgIpc) is 2.66. The summed E-state index contributed by atoms with van der Waals surface area (Å²) < 4.78 is 5.75. The van der Waals surface area contributed by atoms with E-state index in [-0.39, 0.29) is 11.8 Å². The van der Waals surface area contributed by atoms with Gasteiger partial charge in [-0.05, 0) is 12.1 Å². The zero-order valence-electron chi connectivity index (χ0n) is 7.85. The highest BCUT2D eigenvalue weighted by Gasteiger charge is 2.10. The van der Waals surface area contributed by atoms with Crippen LogP contribution in [-0.2, 0) is 0 Å². The van der Waals surface area contributed by atoms with E-state index in [4.69, 9.17) is 9.52 Å². The van der Waals surface area contributed by atoms with Gasteiger partial charge in [0.2, 0.25) is 5.76 Å². The van der Waals surface area contributed by atoms with E-state index in [0.717, 1.165) is 10.7 Å². The number of carboxylic acid groups (broad SMARTS) is 1. The normalized spacial score (nSPS) is 10.1. The van der Waals surface area contributed by atoms with Crippen molar-refractivity contribution in [1.82, 2.24) is 9.97 Å². The van der Waals surface area contributed by atoms with Gasteiger partial charge in [0.25, 0.3) is 0 Å². The molecule has 0 spiro atoms. The molecular weight excluding hydrogens is 278 g/mol. The van der Waals surface area contributed by atoms with Gasteiger partial charge in [0.1, 0.15) is 5.82 Å². The molecule has 0 atom stereocenters. The molecule has 0 amide bonds. The fourth-order valence-electron chi connectivity index (χ4n) is 1.01. The third-order valence-electron chi connectivity index (χ3n) is 1.67. The molecule has 7 heteroatoms. The van der Waals surface area contributed by atoms with Gasteiger partial charge in [0, 0.05) is 10.7 Å². The molecular formula is C9H6BrN3O3. The minimum absolute atomic E-state index is 0.0861. The summed E-state index contributed by atoms with van der Waals surface area (Å²) in [6.45, 7) is 0. The van der Waals surface area contributed by atoms with Crippen molar-refractivity contribution >= 4 is 33.7 Å². The highest BCUT2D eigenvalue weighted by atomic mass is 79.9. The summed E-state index contributed by atoms with van der Waals surface area (Å²) in [5.74, 6) is -0.881. The van der Waals surface area contributed by atoms with Crippen LogP contribution in [0.25, 0.3) is 0 Å². The van der Waals surface area contributed by atoms with Crippen molar-refractivity contribution in [3.8, 4) is 0 Å². The minimum atomic E-state index is -1.16. The number of carboxylic acids is 1. The zero-order valence-corrected chi connectivity index (χ0v) is 9.43. The van der Waals surface area contributed by atoms with Crippen LogP contribution >= 0.6 is 15.9 Å². The fourth-order valence-corrected chi connectivity index (χ4v) is 1.35. The molecule has 2 aromatic rings. The molecule has 0 saturated heterocycles. The predicted octanol–water partition coefficient (Wildman–Crippen LogP) is 2.27. The molecule has 2 rings (SSSR count). The van der Waals surface area contributed by atoms with E-state index in [9.17, 15) is 4.79 Å². The third kappa shape index (κ3) is 2.37. The quantitative estimate of drug-likeness (QED) is 0.898. The number of nitrogens with zero attached hydrogens (tertiary/aromatic N) is 2. The first-order valence-corrected chi connectivity index (χ1v) is 5.02. The van der Waals surface area contributed by atoms with E-state index in [0.29, 0.717) is 5.82 Å². The Hall–Kier alpha value is -1.89. The van der Waals surface area contributed by atoms with E-state index >= 15 is 0 Å². The van der Waals surface area contributed by atoms with Crippen LogP contribution in [0.3, 0.4) is 0 Å². The number of aromatic nitrogens is 2. The molecule has 2 N–H and O–H groups in total. The van der Waals surface area contributed by atoms with Crippen molar-refractivity contribution in [2.24, 2.45) is 0 Å². The first kappa shape index (κ1) is 10.6. The molecule has 0 aromatic carbocycles. The van der Waals surface area contributed by atoms with E-state index in [1.807, 2.05) is 0 Å². The van der Waals surface area contributed by atoms with Crippen LogP contribution in [-0.4, -0.2) is 21.0 Å². The lowest BCUT2D eigenvalue weighted by Gasteiger charge is -1.99. The van der Waals surface area contributed by atoms with Crippen LogP contribution in [0.4, 0.5) is 11.8 Å². The topological polar surface area (TPSA) is 88.2 Å². The maximum absolute atomic E-state index is 10.5. The Bertz CT molecular complexity index is 526. The first-order chi connectivity index (χ1) is 7.65. The number of hydrogen-bond donors (Lipinski definition) is 2. The van der Waals surface area contributed by atoms with Crippen LogP contribution in [0.1, 0.15) is 10.6 Å². The number of halogens is 1. The van der Waals surface area contributed by atoms with Crippen molar-refractivity contribution < 1.29 is 14.3 Å². The second-order valence-electron chi connectivity index (χ2n) is 2.82. The number of pyridine rings is 1. The maximum Gasteiger partial charge on any atom is 0.373 e. The van der Waals surface area contributed by atoms with Crippen molar-refractivity contribution in [2.75, 3.05) is 5.32 Å². The molecule has 0 radical (unpaired) electrons. The second kappa shape index (κ2) is 4.31. The summed E-state index contributed by atoms with van der Waals surface area (Å²) in [5.41, 5.74) is 0. The Morgan fingerprint density at radius 3 is 2.94 bits per heavy atom. The monoisotopic (exact) mass is 283 g/mol. The molecule has 2 heterocycles. The van der Waals surface area contributed by atoms with Gasteiger partial charge < -0.3 is 9.52 Å². The summed E-state index contributed by atoms with van der Waals surface area (Å²) in [7, 11) is 0. The Labute approximate surface area is 98.5 Å². The number of hydrogen-bond acceptors (Lipinski definition) is 5. The lowest BCUT2D eigenvalue weighted by molar-refractivity contribution is 0.0663. The molecule has 2 aromatic heterocycles. The summed E-state index contributed by atoms with van der Waals surface area (Å²) in [6.07, 6.45) is 2.72. The van der Waals surface area contributed by atoms with Crippen LogP contribution in [0.15, 0.2) is 33.4 Å². The average molecular weight is 284 g/mol. The molecule has 16 heavy (non-hydrogen) atoms. The lowest BCUT2D eigenvalue weighted by atomic mass is 10.5. The maximum atomic E-state index is 10.5. The van der Waals surface area contributed by atoms with Crippen molar-refractivity contribution in [3.63, 3.8) is 0 Å². The molecule has 0 fully saturated rings. The smallest absolute Gasteiger partial charge is 0.373 e. The zero-order chi connectivity index (χ0) is 11.5. The molecule has 0 aliphatic carbocycles. The molecule has 0 aliphatic rings. The number of oxazole rings is 1. The highest BCUT2D eigenvalue weighted by Crippen LogP contribution is 2.17.